The van der Waals surface area contributed by atoms with Gasteiger partial charge in [-0.3, -0.25) is 9.52 Å². The first-order chi connectivity index (χ1) is 16.9. The van der Waals surface area contributed by atoms with E-state index in [1.165, 1.54) is 12.1 Å². The van der Waals surface area contributed by atoms with Crippen molar-refractivity contribution in [1.82, 2.24) is 10.2 Å². The standard InChI is InChI=1S/C26H29FN4O3S/c1-2-30(19-20-6-4-3-5-7-20)26(32)24-18-22(10-13-25(24)31-16-14-28-15-17-31)29-35(33,34)23-11-8-21(27)9-12-23/h3-13,18,28-29H,2,14-17,19H2,1H3. The molecule has 1 amide bonds. The van der Waals surface area contributed by atoms with E-state index in [0.717, 1.165) is 49.6 Å². The monoisotopic (exact) mass is 496 g/mol. The molecule has 0 spiro atoms. The Morgan fingerprint density at radius 3 is 2.37 bits per heavy atom. The van der Waals surface area contributed by atoms with Gasteiger partial charge in [-0.2, -0.15) is 0 Å². The number of nitrogens with one attached hydrogen (secondary N) is 2. The van der Waals surface area contributed by atoms with Crippen LogP contribution >= 0.6 is 0 Å². The van der Waals surface area contributed by atoms with E-state index in [2.05, 4.69) is 14.9 Å². The van der Waals surface area contributed by atoms with Crippen LogP contribution in [0, 0.1) is 5.82 Å². The third-order valence-corrected chi connectivity index (χ3v) is 7.34. The topological polar surface area (TPSA) is 81.8 Å². The van der Waals surface area contributed by atoms with Crippen molar-refractivity contribution in [2.45, 2.75) is 18.4 Å². The van der Waals surface area contributed by atoms with Gasteiger partial charge in [0.15, 0.2) is 0 Å². The van der Waals surface area contributed by atoms with Gasteiger partial charge in [-0.15, -0.1) is 0 Å². The zero-order valence-corrected chi connectivity index (χ0v) is 20.4. The SMILES string of the molecule is CCN(Cc1ccccc1)C(=O)c1cc(NS(=O)(=O)c2ccc(F)cc2)ccc1N1CCNCC1. The third kappa shape index (κ3) is 5.98. The first kappa shape index (κ1) is 24.7. The first-order valence-corrected chi connectivity index (χ1v) is 13.1. The van der Waals surface area contributed by atoms with Gasteiger partial charge in [0.2, 0.25) is 0 Å². The fraction of sp³-hybridized carbons (Fsp3) is 0.269. The molecular formula is C26H29FN4O3S. The summed E-state index contributed by atoms with van der Waals surface area (Å²) in [4.78, 5) is 17.6. The number of amides is 1. The van der Waals surface area contributed by atoms with Gasteiger partial charge in [0.05, 0.1) is 10.5 Å². The molecule has 7 nitrogen and oxygen atoms in total. The van der Waals surface area contributed by atoms with Crippen molar-refractivity contribution in [2.24, 2.45) is 0 Å². The molecule has 0 atom stereocenters. The second kappa shape index (κ2) is 10.9. The Morgan fingerprint density at radius 2 is 1.71 bits per heavy atom. The Labute approximate surface area is 205 Å². The number of halogens is 1. The van der Waals surface area contributed by atoms with E-state index in [4.69, 9.17) is 0 Å². The highest BCUT2D eigenvalue weighted by Crippen LogP contribution is 2.28. The van der Waals surface area contributed by atoms with Gasteiger partial charge in [0, 0.05) is 50.6 Å². The summed E-state index contributed by atoms with van der Waals surface area (Å²) in [5.74, 6) is -0.692. The molecule has 1 aliphatic heterocycles. The highest BCUT2D eigenvalue weighted by Gasteiger charge is 2.24. The molecule has 0 radical (unpaired) electrons. The van der Waals surface area contributed by atoms with Crippen LogP contribution in [0.5, 0.6) is 0 Å². The number of benzene rings is 3. The van der Waals surface area contributed by atoms with E-state index in [1.807, 2.05) is 37.3 Å². The molecule has 1 saturated heterocycles. The van der Waals surface area contributed by atoms with Crippen molar-refractivity contribution in [3.05, 3.63) is 89.7 Å². The van der Waals surface area contributed by atoms with Gasteiger partial charge in [-0.1, -0.05) is 30.3 Å². The zero-order valence-electron chi connectivity index (χ0n) is 19.6. The fourth-order valence-corrected chi connectivity index (χ4v) is 5.13. The van der Waals surface area contributed by atoms with Crippen molar-refractivity contribution < 1.29 is 17.6 Å². The van der Waals surface area contributed by atoms with Crippen LogP contribution in [0.4, 0.5) is 15.8 Å². The van der Waals surface area contributed by atoms with Crippen molar-refractivity contribution in [3.8, 4) is 0 Å². The van der Waals surface area contributed by atoms with Crippen molar-refractivity contribution in [3.63, 3.8) is 0 Å². The quantitative estimate of drug-likeness (QED) is 0.497. The fourth-order valence-electron chi connectivity index (χ4n) is 4.08. The summed E-state index contributed by atoms with van der Waals surface area (Å²) in [6.45, 7) is 5.95. The summed E-state index contributed by atoms with van der Waals surface area (Å²) < 4.78 is 41.5. The molecule has 3 aromatic carbocycles. The molecule has 0 unspecified atom stereocenters. The molecule has 3 aromatic rings. The molecule has 9 heteroatoms. The number of carbonyl (C=O) groups is 1. The molecule has 0 aliphatic carbocycles. The number of hydrogen-bond acceptors (Lipinski definition) is 5. The van der Waals surface area contributed by atoms with E-state index in [-0.39, 0.29) is 16.5 Å². The number of sulfonamides is 1. The highest BCUT2D eigenvalue weighted by atomic mass is 32.2. The summed E-state index contributed by atoms with van der Waals surface area (Å²) in [5, 5.41) is 3.31. The predicted molar refractivity (Wildman–Crippen MR) is 136 cm³/mol. The zero-order chi connectivity index (χ0) is 24.8. The van der Waals surface area contributed by atoms with Gasteiger partial charge >= 0.3 is 0 Å². The number of nitrogens with zero attached hydrogens (tertiary/aromatic N) is 2. The maximum atomic E-state index is 13.7. The minimum absolute atomic E-state index is 0.0581. The van der Waals surface area contributed by atoms with Gasteiger partial charge in [-0.05, 0) is 55.0 Å². The molecule has 0 saturated carbocycles. The third-order valence-electron chi connectivity index (χ3n) is 5.95. The first-order valence-electron chi connectivity index (χ1n) is 11.6. The molecule has 0 bridgehead atoms. The number of carbonyl (C=O) groups excluding carboxylic acids is 1. The lowest BCUT2D eigenvalue weighted by molar-refractivity contribution is 0.0753. The minimum Gasteiger partial charge on any atom is -0.368 e. The van der Waals surface area contributed by atoms with E-state index in [9.17, 15) is 17.6 Å². The molecule has 4 rings (SSSR count). The van der Waals surface area contributed by atoms with Crippen LogP contribution in [-0.2, 0) is 16.6 Å². The lowest BCUT2D eigenvalue weighted by Crippen LogP contribution is -2.44. The lowest BCUT2D eigenvalue weighted by atomic mass is 10.1. The summed E-state index contributed by atoms with van der Waals surface area (Å²) in [6.07, 6.45) is 0. The smallest absolute Gasteiger partial charge is 0.261 e. The molecule has 1 aliphatic rings. The highest BCUT2D eigenvalue weighted by molar-refractivity contribution is 7.92. The van der Waals surface area contributed by atoms with E-state index < -0.39 is 15.8 Å². The van der Waals surface area contributed by atoms with Gasteiger partial charge in [-0.25, -0.2) is 12.8 Å². The van der Waals surface area contributed by atoms with Crippen LogP contribution in [0.1, 0.15) is 22.8 Å². The van der Waals surface area contributed by atoms with Crippen LogP contribution in [0.15, 0.2) is 77.7 Å². The van der Waals surface area contributed by atoms with Crippen molar-refractivity contribution >= 4 is 27.3 Å². The van der Waals surface area contributed by atoms with Crippen LogP contribution in [0.2, 0.25) is 0 Å². The number of piperazine rings is 1. The molecule has 2 N–H and O–H groups in total. The van der Waals surface area contributed by atoms with Crippen LogP contribution in [0.25, 0.3) is 0 Å². The largest absolute Gasteiger partial charge is 0.368 e. The van der Waals surface area contributed by atoms with Crippen LogP contribution in [0.3, 0.4) is 0 Å². The molecule has 35 heavy (non-hydrogen) atoms. The average molecular weight is 497 g/mol. The van der Waals surface area contributed by atoms with Gasteiger partial charge < -0.3 is 15.1 Å². The lowest BCUT2D eigenvalue weighted by Gasteiger charge is -2.32. The molecule has 0 aromatic heterocycles. The van der Waals surface area contributed by atoms with Crippen molar-refractivity contribution in [1.29, 1.82) is 0 Å². The maximum absolute atomic E-state index is 13.7. The predicted octanol–water partition coefficient (Wildman–Crippen LogP) is 3.70. The second-order valence-electron chi connectivity index (χ2n) is 8.33. The van der Waals surface area contributed by atoms with Crippen molar-refractivity contribution in [2.75, 3.05) is 42.3 Å². The van der Waals surface area contributed by atoms with Crippen LogP contribution < -0.4 is 14.9 Å². The summed E-state index contributed by atoms with van der Waals surface area (Å²) in [5.41, 5.74) is 2.49. The average Bonchev–Trinajstić information content (AvgIpc) is 2.88. The summed E-state index contributed by atoms with van der Waals surface area (Å²) >= 11 is 0. The summed E-state index contributed by atoms with van der Waals surface area (Å²) in [7, 11) is -3.95. The summed E-state index contributed by atoms with van der Waals surface area (Å²) in [6, 6.07) is 19.4. The van der Waals surface area contributed by atoms with E-state index >= 15 is 0 Å². The number of anilines is 2. The molecule has 1 heterocycles. The Kier molecular flexibility index (Phi) is 7.67. The molecule has 1 fully saturated rings. The molecular weight excluding hydrogens is 467 g/mol. The Bertz CT molecular complexity index is 1260. The normalized spacial score (nSPS) is 13.9. The van der Waals surface area contributed by atoms with Crippen LogP contribution in [-0.4, -0.2) is 51.9 Å². The van der Waals surface area contributed by atoms with Gasteiger partial charge in [0.25, 0.3) is 15.9 Å². The minimum atomic E-state index is -3.95. The number of hydrogen-bond donors (Lipinski definition) is 2. The Balaban J connectivity index is 1.67. The maximum Gasteiger partial charge on any atom is 0.261 e. The Morgan fingerprint density at radius 1 is 1.03 bits per heavy atom. The van der Waals surface area contributed by atoms with E-state index in [1.54, 1.807) is 23.1 Å². The van der Waals surface area contributed by atoms with E-state index in [0.29, 0.717) is 18.7 Å². The second-order valence-corrected chi connectivity index (χ2v) is 10.0. The number of rotatable bonds is 8. The Hall–Kier alpha value is -3.43. The molecule has 184 valence electrons. The van der Waals surface area contributed by atoms with Gasteiger partial charge in [0.1, 0.15) is 5.82 Å².